The van der Waals surface area contributed by atoms with Crippen molar-refractivity contribution < 1.29 is 13.6 Å². The van der Waals surface area contributed by atoms with Crippen molar-refractivity contribution in [3.63, 3.8) is 0 Å². The minimum atomic E-state index is -1.08. The lowest BCUT2D eigenvalue weighted by Crippen LogP contribution is -2.49. The van der Waals surface area contributed by atoms with Crippen LogP contribution in [0.25, 0.3) is 0 Å². The summed E-state index contributed by atoms with van der Waals surface area (Å²) in [4.78, 5) is 13.9. The van der Waals surface area contributed by atoms with Crippen LogP contribution in [0.2, 0.25) is 0 Å². The zero-order chi connectivity index (χ0) is 14.0. The van der Waals surface area contributed by atoms with Gasteiger partial charge < -0.3 is 10.6 Å². The van der Waals surface area contributed by atoms with Crippen molar-refractivity contribution in [3.05, 3.63) is 35.4 Å². The normalized spacial score (nSPS) is 22.3. The summed E-state index contributed by atoms with van der Waals surface area (Å²) in [6, 6.07) is 3.56. The fraction of sp³-hybridized carbons (Fsp3) is 0.500. The van der Waals surface area contributed by atoms with Crippen LogP contribution in [-0.2, 0) is 0 Å². The minimum Gasteiger partial charge on any atom is -0.334 e. The highest BCUT2D eigenvalue weighted by atomic mass is 35.5. The summed E-state index contributed by atoms with van der Waals surface area (Å²) in [6.45, 7) is 2.98. The molecule has 0 radical (unpaired) electrons. The number of hydrogen-bond donors (Lipinski definition) is 1. The Hall–Kier alpha value is -1.20. The van der Waals surface area contributed by atoms with Gasteiger partial charge in [-0.25, -0.2) is 8.78 Å². The average Bonchev–Trinajstić information content (AvgIpc) is 2.41. The number of halogens is 3. The maximum absolute atomic E-state index is 13.7. The monoisotopic (exact) mass is 304 g/mol. The molecule has 0 aromatic heterocycles. The van der Waals surface area contributed by atoms with E-state index in [1.54, 1.807) is 4.90 Å². The van der Waals surface area contributed by atoms with Crippen LogP contribution in [0.5, 0.6) is 0 Å². The van der Waals surface area contributed by atoms with E-state index in [2.05, 4.69) is 6.92 Å². The molecule has 1 fully saturated rings. The molecule has 6 heteroatoms. The average molecular weight is 305 g/mol. The Bertz CT molecular complexity index is 484. The lowest BCUT2D eigenvalue weighted by atomic mass is 9.92. The number of piperidine rings is 1. The fourth-order valence-corrected chi connectivity index (χ4v) is 2.57. The SMILES string of the molecule is CC1CCN(C(=O)c2cccc(F)c2F)C(CN)C1.Cl. The number of carbonyl (C=O) groups excluding carboxylic acids is 1. The first-order chi connectivity index (χ1) is 9.04. The van der Waals surface area contributed by atoms with Gasteiger partial charge in [0.15, 0.2) is 11.6 Å². The van der Waals surface area contributed by atoms with E-state index in [9.17, 15) is 13.6 Å². The van der Waals surface area contributed by atoms with Crippen LogP contribution in [0, 0.1) is 17.6 Å². The molecule has 1 aromatic carbocycles. The second-order valence-electron chi connectivity index (χ2n) is 5.12. The highest BCUT2D eigenvalue weighted by Gasteiger charge is 2.31. The Morgan fingerprint density at radius 1 is 1.45 bits per heavy atom. The van der Waals surface area contributed by atoms with E-state index in [0.717, 1.165) is 18.9 Å². The number of hydrogen-bond acceptors (Lipinski definition) is 2. The molecule has 1 aliphatic heterocycles. The van der Waals surface area contributed by atoms with Gasteiger partial charge in [0.25, 0.3) is 5.91 Å². The van der Waals surface area contributed by atoms with Crippen LogP contribution < -0.4 is 5.73 Å². The van der Waals surface area contributed by atoms with Gasteiger partial charge in [-0.3, -0.25) is 4.79 Å². The quantitative estimate of drug-likeness (QED) is 0.913. The van der Waals surface area contributed by atoms with E-state index in [1.807, 2.05) is 0 Å². The third kappa shape index (κ3) is 3.27. The first kappa shape index (κ1) is 16.9. The third-order valence-electron chi connectivity index (χ3n) is 3.69. The molecule has 1 aromatic rings. The predicted octanol–water partition coefficient (Wildman–Crippen LogP) is 2.59. The molecule has 112 valence electrons. The van der Waals surface area contributed by atoms with Crippen LogP contribution >= 0.6 is 12.4 Å². The second-order valence-corrected chi connectivity index (χ2v) is 5.12. The second kappa shape index (κ2) is 6.99. The summed E-state index contributed by atoms with van der Waals surface area (Å²) in [5.41, 5.74) is 5.46. The van der Waals surface area contributed by atoms with Gasteiger partial charge >= 0.3 is 0 Å². The molecular weight excluding hydrogens is 286 g/mol. The van der Waals surface area contributed by atoms with Gasteiger partial charge in [-0.05, 0) is 30.9 Å². The molecule has 0 aliphatic carbocycles. The molecule has 3 nitrogen and oxygen atoms in total. The molecule has 2 rings (SSSR count). The van der Waals surface area contributed by atoms with Gasteiger partial charge in [0.05, 0.1) is 5.56 Å². The maximum atomic E-state index is 13.7. The molecular formula is C14H19ClF2N2O. The molecule has 0 bridgehead atoms. The van der Waals surface area contributed by atoms with Crippen molar-refractivity contribution in [1.82, 2.24) is 4.90 Å². The Morgan fingerprint density at radius 3 is 2.80 bits per heavy atom. The van der Waals surface area contributed by atoms with Gasteiger partial charge in [-0.2, -0.15) is 0 Å². The van der Waals surface area contributed by atoms with Crippen LogP contribution in [0.1, 0.15) is 30.1 Å². The van der Waals surface area contributed by atoms with Gasteiger partial charge in [0.1, 0.15) is 0 Å². The van der Waals surface area contributed by atoms with Crippen LogP contribution in [0.3, 0.4) is 0 Å². The van der Waals surface area contributed by atoms with Gasteiger partial charge in [-0.1, -0.05) is 13.0 Å². The zero-order valence-electron chi connectivity index (χ0n) is 11.3. The smallest absolute Gasteiger partial charge is 0.257 e. The fourth-order valence-electron chi connectivity index (χ4n) is 2.57. The number of carbonyl (C=O) groups is 1. The Balaban J connectivity index is 0.00000200. The number of likely N-dealkylation sites (tertiary alicyclic amines) is 1. The lowest BCUT2D eigenvalue weighted by Gasteiger charge is -2.38. The zero-order valence-corrected chi connectivity index (χ0v) is 12.1. The molecule has 0 saturated carbocycles. The summed E-state index contributed by atoms with van der Waals surface area (Å²) >= 11 is 0. The highest BCUT2D eigenvalue weighted by Crippen LogP contribution is 2.24. The predicted molar refractivity (Wildman–Crippen MR) is 75.9 cm³/mol. The van der Waals surface area contributed by atoms with Crippen molar-refractivity contribution in [3.8, 4) is 0 Å². The lowest BCUT2D eigenvalue weighted by molar-refractivity contribution is 0.0568. The van der Waals surface area contributed by atoms with E-state index in [4.69, 9.17) is 5.73 Å². The van der Waals surface area contributed by atoms with Crippen molar-refractivity contribution in [2.24, 2.45) is 11.7 Å². The van der Waals surface area contributed by atoms with E-state index < -0.39 is 17.5 Å². The third-order valence-corrected chi connectivity index (χ3v) is 3.69. The number of nitrogens with two attached hydrogens (primary N) is 1. The molecule has 1 saturated heterocycles. The topological polar surface area (TPSA) is 46.3 Å². The van der Waals surface area contributed by atoms with Crippen LogP contribution in [0.4, 0.5) is 8.78 Å². The molecule has 1 aliphatic rings. The number of rotatable bonds is 2. The Kier molecular flexibility index (Phi) is 5.89. The van der Waals surface area contributed by atoms with E-state index in [-0.39, 0.29) is 24.0 Å². The molecule has 1 heterocycles. The van der Waals surface area contributed by atoms with Crippen molar-refractivity contribution in [1.29, 1.82) is 0 Å². The number of nitrogens with zero attached hydrogens (tertiary/aromatic N) is 1. The largest absolute Gasteiger partial charge is 0.334 e. The molecule has 2 unspecified atom stereocenters. The summed E-state index contributed by atoms with van der Waals surface area (Å²) in [7, 11) is 0. The van der Waals surface area contributed by atoms with E-state index in [0.29, 0.717) is 19.0 Å². The number of benzene rings is 1. The van der Waals surface area contributed by atoms with Crippen molar-refractivity contribution in [2.45, 2.75) is 25.8 Å². The molecule has 0 spiro atoms. The minimum absolute atomic E-state index is 0. The first-order valence-corrected chi connectivity index (χ1v) is 6.49. The standard InChI is InChI=1S/C14H18F2N2O.ClH/c1-9-5-6-18(10(7-9)8-17)14(19)11-3-2-4-12(15)13(11)16;/h2-4,9-10H,5-8,17H2,1H3;1H. The molecule has 2 atom stereocenters. The summed E-state index contributed by atoms with van der Waals surface area (Å²) in [5.74, 6) is -2.06. The van der Waals surface area contributed by atoms with Crippen LogP contribution in [-0.4, -0.2) is 29.9 Å². The van der Waals surface area contributed by atoms with Gasteiger partial charge in [0.2, 0.25) is 0 Å². The molecule has 1 amide bonds. The van der Waals surface area contributed by atoms with Crippen LogP contribution in [0.15, 0.2) is 18.2 Å². The summed E-state index contributed by atoms with van der Waals surface area (Å²) < 4.78 is 26.8. The Morgan fingerprint density at radius 2 is 2.15 bits per heavy atom. The Labute approximate surface area is 123 Å². The molecule has 2 N–H and O–H groups in total. The van der Waals surface area contributed by atoms with Gasteiger partial charge in [0, 0.05) is 19.1 Å². The van der Waals surface area contributed by atoms with Crippen molar-refractivity contribution >= 4 is 18.3 Å². The summed E-state index contributed by atoms with van der Waals surface area (Å²) in [6.07, 6.45) is 1.67. The van der Waals surface area contributed by atoms with Gasteiger partial charge in [-0.15, -0.1) is 12.4 Å². The molecule has 20 heavy (non-hydrogen) atoms. The van der Waals surface area contributed by atoms with E-state index >= 15 is 0 Å². The highest BCUT2D eigenvalue weighted by molar-refractivity contribution is 5.94. The van der Waals surface area contributed by atoms with E-state index in [1.165, 1.54) is 12.1 Å². The number of amides is 1. The summed E-state index contributed by atoms with van der Waals surface area (Å²) in [5, 5.41) is 0. The first-order valence-electron chi connectivity index (χ1n) is 6.49. The maximum Gasteiger partial charge on any atom is 0.257 e. The van der Waals surface area contributed by atoms with Crippen molar-refractivity contribution in [2.75, 3.05) is 13.1 Å².